The number of nitrogens with zero attached hydrogens (tertiary/aromatic N) is 1. The highest BCUT2D eigenvalue weighted by atomic mass is 79.9. The van der Waals surface area contributed by atoms with E-state index in [1.165, 1.54) is 10.4 Å². The van der Waals surface area contributed by atoms with Crippen molar-refractivity contribution in [3.05, 3.63) is 50.6 Å². The Morgan fingerprint density at radius 2 is 2.05 bits per heavy atom. The summed E-state index contributed by atoms with van der Waals surface area (Å²) < 4.78 is 0.897. The van der Waals surface area contributed by atoms with Crippen LogP contribution in [0, 0.1) is 6.92 Å². The van der Waals surface area contributed by atoms with Gasteiger partial charge in [-0.1, -0.05) is 12.1 Å². The molecule has 0 saturated heterocycles. The molecule has 1 amide bonds. The second-order valence-corrected chi connectivity index (χ2v) is 7.41. The minimum Gasteiger partial charge on any atom is -0.324 e. The van der Waals surface area contributed by atoms with Crippen LogP contribution in [0.4, 0.5) is 5.69 Å². The number of carbonyl (C=O) groups is 1. The highest BCUT2D eigenvalue weighted by Gasteiger charge is 2.16. The van der Waals surface area contributed by atoms with Crippen molar-refractivity contribution in [1.82, 2.24) is 4.90 Å². The van der Waals surface area contributed by atoms with E-state index in [1.807, 2.05) is 24.3 Å². The zero-order valence-electron chi connectivity index (χ0n) is 13.1. The highest BCUT2D eigenvalue weighted by molar-refractivity contribution is 9.10. The molecule has 1 aromatic heterocycles. The summed E-state index contributed by atoms with van der Waals surface area (Å²) >= 11 is 5.20. The van der Waals surface area contributed by atoms with Crippen LogP contribution >= 0.6 is 27.3 Å². The maximum Gasteiger partial charge on any atom is 0.238 e. The van der Waals surface area contributed by atoms with Crippen molar-refractivity contribution in [1.29, 1.82) is 0 Å². The molecule has 5 heteroatoms. The SMILES string of the molecule is Cc1ccsc1CN(CC(=O)Nc1ccccc1Br)C(C)C. The van der Waals surface area contributed by atoms with E-state index in [1.54, 1.807) is 11.3 Å². The minimum absolute atomic E-state index is 0.00908. The van der Waals surface area contributed by atoms with E-state index in [4.69, 9.17) is 0 Å². The number of carbonyl (C=O) groups excluding carboxylic acids is 1. The molecule has 0 atom stereocenters. The van der Waals surface area contributed by atoms with Crippen LogP contribution in [0.25, 0.3) is 0 Å². The normalized spacial score (nSPS) is 11.2. The number of rotatable bonds is 6. The first-order valence-electron chi connectivity index (χ1n) is 7.28. The van der Waals surface area contributed by atoms with Gasteiger partial charge in [0, 0.05) is 21.9 Å². The Morgan fingerprint density at radius 3 is 2.64 bits per heavy atom. The van der Waals surface area contributed by atoms with Gasteiger partial charge >= 0.3 is 0 Å². The van der Waals surface area contributed by atoms with Crippen LogP contribution in [0.15, 0.2) is 40.2 Å². The lowest BCUT2D eigenvalue weighted by atomic mass is 10.2. The molecular formula is C17H21BrN2OS. The molecule has 0 fully saturated rings. The predicted octanol–water partition coefficient (Wildman–Crippen LogP) is 4.67. The van der Waals surface area contributed by atoms with E-state index in [0.29, 0.717) is 12.6 Å². The van der Waals surface area contributed by atoms with E-state index in [0.717, 1.165) is 16.7 Å². The Kier molecular flexibility index (Phi) is 6.17. The number of amides is 1. The molecule has 0 saturated carbocycles. The lowest BCUT2D eigenvalue weighted by Crippen LogP contribution is -2.37. The van der Waals surface area contributed by atoms with E-state index in [-0.39, 0.29) is 5.91 Å². The fourth-order valence-corrected chi connectivity index (χ4v) is 3.42. The fraction of sp³-hybridized carbons (Fsp3) is 0.353. The highest BCUT2D eigenvalue weighted by Crippen LogP contribution is 2.22. The molecule has 22 heavy (non-hydrogen) atoms. The standard InChI is InChI=1S/C17H21BrN2OS/c1-12(2)20(10-16-13(3)8-9-22-16)11-17(21)19-15-7-5-4-6-14(15)18/h4-9,12H,10-11H2,1-3H3,(H,19,21). The molecule has 2 rings (SSSR count). The fourth-order valence-electron chi connectivity index (χ4n) is 2.11. The molecule has 0 aliphatic carbocycles. The topological polar surface area (TPSA) is 32.3 Å². The van der Waals surface area contributed by atoms with Gasteiger partial charge in [-0.2, -0.15) is 0 Å². The van der Waals surface area contributed by atoms with Crippen molar-refractivity contribution in [2.75, 3.05) is 11.9 Å². The van der Waals surface area contributed by atoms with Crippen molar-refractivity contribution in [2.45, 2.75) is 33.4 Å². The minimum atomic E-state index is 0.00908. The number of aryl methyl sites for hydroxylation is 1. The monoisotopic (exact) mass is 380 g/mol. The van der Waals surface area contributed by atoms with Crippen LogP contribution in [0.5, 0.6) is 0 Å². The number of thiophene rings is 1. The van der Waals surface area contributed by atoms with Crippen LogP contribution < -0.4 is 5.32 Å². The van der Waals surface area contributed by atoms with Crippen LogP contribution in [-0.2, 0) is 11.3 Å². The first-order valence-corrected chi connectivity index (χ1v) is 8.96. The van der Waals surface area contributed by atoms with Crippen LogP contribution in [0.3, 0.4) is 0 Å². The molecule has 118 valence electrons. The average Bonchev–Trinajstić information content (AvgIpc) is 2.86. The number of hydrogen-bond acceptors (Lipinski definition) is 3. The number of hydrogen-bond donors (Lipinski definition) is 1. The van der Waals surface area contributed by atoms with Crippen LogP contribution in [-0.4, -0.2) is 23.4 Å². The Bertz CT molecular complexity index is 639. The van der Waals surface area contributed by atoms with Crippen LogP contribution in [0.2, 0.25) is 0 Å². The summed E-state index contributed by atoms with van der Waals surface area (Å²) in [4.78, 5) is 15.8. The van der Waals surface area contributed by atoms with Gasteiger partial charge in [0.2, 0.25) is 5.91 Å². The lowest BCUT2D eigenvalue weighted by molar-refractivity contribution is -0.117. The molecule has 1 N–H and O–H groups in total. The molecule has 0 spiro atoms. The van der Waals surface area contributed by atoms with Crippen LogP contribution in [0.1, 0.15) is 24.3 Å². The second-order valence-electron chi connectivity index (χ2n) is 5.55. The Hall–Kier alpha value is -1.17. The molecule has 0 bridgehead atoms. The molecule has 2 aromatic rings. The molecule has 1 heterocycles. The van der Waals surface area contributed by atoms with Gasteiger partial charge < -0.3 is 5.32 Å². The largest absolute Gasteiger partial charge is 0.324 e. The predicted molar refractivity (Wildman–Crippen MR) is 97.4 cm³/mol. The molecular weight excluding hydrogens is 360 g/mol. The van der Waals surface area contributed by atoms with Gasteiger partial charge in [0.1, 0.15) is 0 Å². The summed E-state index contributed by atoms with van der Waals surface area (Å²) in [6.45, 7) is 7.55. The maximum absolute atomic E-state index is 12.3. The van der Waals surface area contributed by atoms with Gasteiger partial charge in [0.25, 0.3) is 0 Å². The number of para-hydroxylation sites is 1. The first kappa shape index (κ1) is 17.2. The molecule has 0 aliphatic rings. The number of nitrogens with one attached hydrogen (secondary N) is 1. The number of anilines is 1. The van der Waals surface area contributed by atoms with Gasteiger partial charge in [-0.3, -0.25) is 9.69 Å². The Labute approximate surface area is 144 Å². The van der Waals surface area contributed by atoms with E-state index in [2.05, 4.69) is 58.4 Å². The van der Waals surface area contributed by atoms with Crippen molar-refractivity contribution < 1.29 is 4.79 Å². The van der Waals surface area contributed by atoms with Crippen molar-refractivity contribution >= 4 is 38.9 Å². The smallest absolute Gasteiger partial charge is 0.238 e. The van der Waals surface area contributed by atoms with Gasteiger partial charge in [-0.05, 0) is 65.8 Å². The number of benzene rings is 1. The maximum atomic E-state index is 12.3. The summed E-state index contributed by atoms with van der Waals surface area (Å²) in [5, 5.41) is 5.07. The summed E-state index contributed by atoms with van der Waals surface area (Å²) in [5.41, 5.74) is 2.10. The molecule has 0 radical (unpaired) electrons. The average molecular weight is 381 g/mol. The third kappa shape index (κ3) is 4.66. The van der Waals surface area contributed by atoms with E-state index < -0.39 is 0 Å². The van der Waals surface area contributed by atoms with E-state index >= 15 is 0 Å². The van der Waals surface area contributed by atoms with Crippen molar-refractivity contribution in [2.24, 2.45) is 0 Å². The van der Waals surface area contributed by atoms with E-state index in [9.17, 15) is 4.79 Å². The quantitative estimate of drug-likeness (QED) is 0.789. The van der Waals surface area contributed by atoms with Gasteiger partial charge in [0.05, 0.1) is 12.2 Å². The molecule has 0 unspecified atom stereocenters. The molecule has 1 aromatic carbocycles. The molecule has 3 nitrogen and oxygen atoms in total. The summed E-state index contributed by atoms with van der Waals surface area (Å²) in [6.07, 6.45) is 0. The zero-order chi connectivity index (χ0) is 16.1. The Morgan fingerprint density at radius 1 is 1.32 bits per heavy atom. The summed E-state index contributed by atoms with van der Waals surface area (Å²) in [5.74, 6) is 0.00908. The third-order valence-corrected chi connectivity index (χ3v) is 5.24. The van der Waals surface area contributed by atoms with Gasteiger partial charge in [-0.25, -0.2) is 0 Å². The lowest BCUT2D eigenvalue weighted by Gasteiger charge is -2.25. The van der Waals surface area contributed by atoms with Gasteiger partial charge in [0.15, 0.2) is 0 Å². The summed E-state index contributed by atoms with van der Waals surface area (Å²) in [6, 6.07) is 10.1. The number of halogens is 1. The van der Waals surface area contributed by atoms with Crippen molar-refractivity contribution in [3.63, 3.8) is 0 Å². The van der Waals surface area contributed by atoms with Crippen molar-refractivity contribution in [3.8, 4) is 0 Å². The van der Waals surface area contributed by atoms with Gasteiger partial charge in [-0.15, -0.1) is 11.3 Å². The summed E-state index contributed by atoms with van der Waals surface area (Å²) in [7, 11) is 0. The third-order valence-electron chi connectivity index (χ3n) is 3.54. The molecule has 0 aliphatic heterocycles. The second kappa shape index (κ2) is 7.90. The Balaban J connectivity index is 2.00. The zero-order valence-corrected chi connectivity index (χ0v) is 15.5. The first-order chi connectivity index (χ1) is 10.5.